The van der Waals surface area contributed by atoms with Crippen LogP contribution in [0.2, 0.25) is 0 Å². The predicted molar refractivity (Wildman–Crippen MR) is 59.6 cm³/mol. The van der Waals surface area contributed by atoms with Gasteiger partial charge in [-0.2, -0.15) is 0 Å². The van der Waals surface area contributed by atoms with E-state index in [-0.39, 0.29) is 6.39 Å². The predicted octanol–water partition coefficient (Wildman–Crippen LogP) is -3.21. The van der Waals surface area contributed by atoms with E-state index >= 15 is 0 Å². The Labute approximate surface area is 85.4 Å². The van der Waals surface area contributed by atoms with Crippen molar-refractivity contribution in [3.8, 4) is 0 Å². The first-order valence-corrected chi connectivity index (χ1v) is 3.55. The summed E-state index contributed by atoms with van der Waals surface area (Å²) in [5.74, 6) is -1.19. The second-order valence-electron chi connectivity index (χ2n) is 2.36. The first-order valence-electron chi connectivity index (χ1n) is 3.55. The lowest BCUT2D eigenvalue weighted by molar-refractivity contribution is -0.145. The topological polar surface area (TPSA) is 57.5 Å². The molecule has 0 aromatic heterocycles. The molecular weight excluding hydrogens is 160 g/mol. The van der Waals surface area contributed by atoms with Crippen molar-refractivity contribution in [3.63, 3.8) is 0 Å². The molecule has 0 amide bonds. The smallest absolute Gasteiger partial charge is 0.332 e. The van der Waals surface area contributed by atoms with E-state index in [1.807, 2.05) is 0 Å². The Balaban J connectivity index is 0. The van der Waals surface area contributed by atoms with Crippen LogP contribution in [-0.4, -0.2) is 73.1 Å². The van der Waals surface area contributed by atoms with Gasteiger partial charge in [0.25, 0.3) is 0 Å². The second-order valence-corrected chi connectivity index (χ2v) is 2.36. The molecule has 13 heavy (non-hydrogen) atoms. The van der Waals surface area contributed by atoms with Crippen LogP contribution in [-0.2, 0) is 4.79 Å². The van der Waals surface area contributed by atoms with Crippen molar-refractivity contribution in [2.75, 3.05) is 0 Å². The van der Waals surface area contributed by atoms with Gasteiger partial charge in [0, 0.05) is 50.8 Å². The third-order valence-corrected chi connectivity index (χ3v) is 1.02. The summed E-state index contributed by atoms with van der Waals surface area (Å²) in [5.41, 5.74) is 0. The Morgan fingerprint density at radius 1 is 1.46 bits per heavy atom. The molecule has 0 aliphatic heterocycles. The molecule has 0 heterocycles. The number of aliphatic hydroxyl groups excluding tert-OH is 1. The van der Waals surface area contributed by atoms with Gasteiger partial charge in [0.2, 0.25) is 0 Å². The Kier molecular flexibility index (Phi) is 10.0. The van der Waals surface area contributed by atoms with Gasteiger partial charge < -0.3 is 10.2 Å². The van der Waals surface area contributed by atoms with Gasteiger partial charge in [-0.3, -0.25) is 0 Å². The molecule has 0 bridgehead atoms. The summed E-state index contributed by atoms with van der Waals surface area (Å²) < 4.78 is 0. The van der Waals surface area contributed by atoms with Crippen molar-refractivity contribution in [2.24, 2.45) is 0 Å². The van der Waals surface area contributed by atoms with Crippen molar-refractivity contribution < 1.29 is 15.0 Å². The highest BCUT2D eigenvalue weighted by Crippen LogP contribution is 1.73. The Morgan fingerprint density at radius 2 is 1.77 bits per heavy atom. The molecule has 3 nitrogen and oxygen atoms in total. The maximum atomic E-state index is 9.45. The van der Waals surface area contributed by atoms with Crippen LogP contribution in [0.15, 0.2) is 0 Å². The molecule has 2 N–H and O–H groups in total. The molecule has 0 spiro atoms. The molecular formula is C3H6B7O3. The molecule has 1 unspecified atom stereocenters. The molecule has 0 rings (SSSR count). The van der Waals surface area contributed by atoms with E-state index in [4.69, 9.17) is 41.2 Å². The maximum absolute atomic E-state index is 9.45. The highest BCUT2D eigenvalue weighted by Gasteiger charge is 2.06. The molecule has 0 saturated carbocycles. The molecule has 0 fully saturated rings. The van der Waals surface area contributed by atoms with Gasteiger partial charge in [-0.25, -0.2) is 4.79 Å². The summed E-state index contributed by atoms with van der Waals surface area (Å²) in [5, 5.41) is 15.8. The number of hydrogen-bond acceptors (Lipinski definition) is 2. The van der Waals surface area contributed by atoms with E-state index in [0.29, 0.717) is 0 Å². The van der Waals surface area contributed by atoms with E-state index in [1.54, 1.807) is 0 Å². The van der Waals surface area contributed by atoms with E-state index < -0.39 is 18.5 Å². The van der Waals surface area contributed by atoms with Crippen molar-refractivity contribution in [1.82, 2.24) is 0 Å². The van der Waals surface area contributed by atoms with Crippen molar-refractivity contribution in [2.45, 2.75) is 13.0 Å². The molecule has 9 radical (unpaired) electrons. The molecule has 0 aromatic carbocycles. The van der Waals surface area contributed by atoms with Crippen LogP contribution in [0.3, 0.4) is 0 Å². The van der Waals surface area contributed by atoms with Crippen LogP contribution in [0.1, 0.15) is 6.92 Å². The monoisotopic (exact) mass is 167 g/mol. The van der Waals surface area contributed by atoms with Crippen molar-refractivity contribution in [3.05, 3.63) is 0 Å². The molecule has 0 aromatic rings. The molecule has 0 saturated heterocycles. The average Bonchev–Trinajstić information content (AvgIpc) is 2.03. The van der Waals surface area contributed by atoms with Crippen LogP contribution in [0, 0.1) is 0 Å². The van der Waals surface area contributed by atoms with Gasteiger partial charge in [-0.05, 0) is 6.92 Å². The van der Waals surface area contributed by atoms with Gasteiger partial charge in [-0.15, -0.1) is 0 Å². The normalized spacial score (nSPS) is 10.3. The lowest BCUT2D eigenvalue weighted by atomic mass is 8.76. The minimum atomic E-state index is -1.23. The Bertz CT molecular complexity index is 139. The zero-order chi connectivity index (χ0) is 11.0. The number of carboxylic acids is 1. The number of carbonyl (C=O) groups is 1. The van der Waals surface area contributed by atoms with Gasteiger partial charge in [0.1, 0.15) is 6.10 Å². The zero-order valence-corrected chi connectivity index (χ0v) is 7.42. The van der Waals surface area contributed by atoms with Crippen LogP contribution in [0.25, 0.3) is 0 Å². The van der Waals surface area contributed by atoms with Crippen molar-refractivity contribution >= 4 is 56.7 Å². The van der Waals surface area contributed by atoms with E-state index in [1.165, 1.54) is 14.0 Å². The zero-order valence-electron chi connectivity index (χ0n) is 7.42. The summed E-state index contributed by atoms with van der Waals surface area (Å²) in [6.45, 7) is 1.20. The number of carboxylic acid groups (broad SMARTS) is 1. The minimum absolute atomic E-state index is 0.389. The number of hydrogen-bond donors (Lipinski definition) is 2. The third-order valence-electron chi connectivity index (χ3n) is 1.02. The summed E-state index contributed by atoms with van der Waals surface area (Å²) >= 11 is 0. The molecule has 10 heteroatoms. The lowest BCUT2D eigenvalue weighted by Crippen LogP contribution is -2.43. The van der Waals surface area contributed by atoms with Crippen LogP contribution >= 0.6 is 0 Å². The maximum Gasteiger partial charge on any atom is 0.332 e. The average molecular weight is 166 g/mol. The summed E-state index contributed by atoms with van der Waals surface area (Å²) in [6.07, 6.45) is -2.16. The molecule has 0 aliphatic carbocycles. The van der Waals surface area contributed by atoms with Gasteiger partial charge in [-0.1, -0.05) is 0 Å². The molecule has 0 aliphatic rings. The standard InChI is InChI=1S/C3H6O3.B7/c1-2(4)3(5)6;1-5-7(4)6(2)3/h2,4H,1H3,(H,5,6);. The first-order chi connectivity index (χ1) is 5.82. The summed E-state index contributed by atoms with van der Waals surface area (Å²) in [7, 11) is 21.6. The fraction of sp³-hybridized carbons (Fsp3) is 0.667. The highest BCUT2D eigenvalue weighted by molar-refractivity contribution is 7.81. The fourth-order valence-electron chi connectivity index (χ4n) is 0.128. The Hall–Kier alpha value is -0.115. The number of aliphatic hydroxyl groups is 1. The van der Waals surface area contributed by atoms with E-state index in [2.05, 4.69) is 0 Å². The van der Waals surface area contributed by atoms with Crippen molar-refractivity contribution in [1.29, 1.82) is 0 Å². The summed E-state index contributed by atoms with van der Waals surface area (Å²) in [4.78, 5) is 9.45. The van der Waals surface area contributed by atoms with E-state index in [0.717, 1.165) is 0 Å². The minimum Gasteiger partial charge on any atom is -0.479 e. The lowest BCUT2D eigenvalue weighted by Gasteiger charge is -2.05. The first kappa shape index (κ1) is 15.4. The highest BCUT2D eigenvalue weighted by atomic mass is 16.4. The number of rotatable bonds is 3. The number of aliphatic carboxylic acids is 1. The quantitative estimate of drug-likeness (QED) is 0.433. The molecule has 57 valence electrons. The van der Waals surface area contributed by atoms with Gasteiger partial charge in [0.05, 0.1) is 0 Å². The largest absolute Gasteiger partial charge is 0.479 e. The fourth-order valence-corrected chi connectivity index (χ4v) is 0.128. The van der Waals surface area contributed by atoms with Gasteiger partial charge >= 0.3 is 5.97 Å². The Morgan fingerprint density at radius 3 is 1.77 bits per heavy atom. The van der Waals surface area contributed by atoms with Crippen LogP contribution < -0.4 is 0 Å². The third kappa shape index (κ3) is 11.9. The summed E-state index contributed by atoms with van der Waals surface area (Å²) in [6, 6.07) is 0. The second kappa shape index (κ2) is 8.48. The van der Waals surface area contributed by atoms with Crippen LogP contribution in [0.5, 0.6) is 0 Å². The van der Waals surface area contributed by atoms with Crippen LogP contribution in [0.4, 0.5) is 0 Å². The van der Waals surface area contributed by atoms with E-state index in [9.17, 15) is 4.79 Å². The SMILES string of the molecule is CC(O)C(=O)O.[B][B]B([B])B([B])[B]. The molecule has 1 atom stereocenters. The van der Waals surface area contributed by atoms with Gasteiger partial charge in [0.15, 0.2) is 0 Å².